The second kappa shape index (κ2) is 5.19. The summed E-state index contributed by atoms with van der Waals surface area (Å²) in [5, 5.41) is 7.31. The number of benzene rings is 1. The van der Waals surface area contributed by atoms with Crippen LogP contribution >= 0.6 is 11.6 Å². The minimum atomic E-state index is -0.783. The van der Waals surface area contributed by atoms with E-state index in [4.69, 9.17) is 27.5 Å². The molecule has 2 rings (SSSR count). The Labute approximate surface area is 112 Å². The highest BCUT2D eigenvalue weighted by molar-refractivity contribution is 6.35. The predicted molar refractivity (Wildman–Crippen MR) is 66.7 cm³/mol. The van der Waals surface area contributed by atoms with E-state index in [0.717, 1.165) is 12.1 Å². The van der Waals surface area contributed by atoms with E-state index in [1.54, 1.807) is 0 Å². The van der Waals surface area contributed by atoms with E-state index in [1.165, 1.54) is 12.3 Å². The van der Waals surface area contributed by atoms with Crippen molar-refractivity contribution >= 4 is 17.4 Å². The number of amidine groups is 1. The van der Waals surface area contributed by atoms with Gasteiger partial charge in [-0.15, -0.1) is 0 Å². The fraction of sp³-hybridized carbons (Fsp3) is 0. The van der Waals surface area contributed by atoms with Gasteiger partial charge in [-0.3, -0.25) is 5.41 Å². The monoisotopic (exact) mass is 283 g/mol. The number of nitrogens with one attached hydrogen (secondary N) is 1. The summed E-state index contributed by atoms with van der Waals surface area (Å²) in [6.07, 6.45) is 1.33. The van der Waals surface area contributed by atoms with Gasteiger partial charge in [0.05, 0.1) is 0 Å². The fourth-order valence-electron chi connectivity index (χ4n) is 1.40. The van der Waals surface area contributed by atoms with Crippen LogP contribution < -0.4 is 10.5 Å². The highest BCUT2D eigenvalue weighted by Crippen LogP contribution is 2.30. The Bertz CT molecular complexity index is 629. The zero-order valence-electron chi connectivity index (χ0n) is 9.45. The predicted octanol–water partition coefficient (Wildman–Crippen LogP) is 3.09. The van der Waals surface area contributed by atoms with E-state index in [2.05, 4.69) is 4.98 Å². The van der Waals surface area contributed by atoms with Crippen molar-refractivity contribution in [1.82, 2.24) is 4.98 Å². The number of rotatable bonds is 3. The molecule has 19 heavy (non-hydrogen) atoms. The number of nitrogen functional groups attached to an aromatic ring is 1. The Morgan fingerprint density at radius 1 is 1.26 bits per heavy atom. The number of hydrogen-bond acceptors (Lipinski definition) is 3. The molecule has 3 N–H and O–H groups in total. The Kier molecular flexibility index (Phi) is 3.62. The average Bonchev–Trinajstić information content (AvgIpc) is 2.30. The standard InChI is InChI=1S/C12H8ClF2N3O/c13-10-9(11(16)17)1-2-18-12(10)19-8-4-6(14)3-7(15)5-8/h1-5H,(H3,16,17). The average molecular weight is 284 g/mol. The number of hydrogen-bond donors (Lipinski definition) is 2. The van der Waals surface area contributed by atoms with Gasteiger partial charge in [0.15, 0.2) is 0 Å². The molecule has 1 aromatic carbocycles. The number of nitrogens with zero attached hydrogens (tertiary/aromatic N) is 1. The van der Waals surface area contributed by atoms with Gasteiger partial charge < -0.3 is 10.5 Å². The maximum Gasteiger partial charge on any atom is 0.238 e. The second-order valence-electron chi connectivity index (χ2n) is 3.60. The minimum Gasteiger partial charge on any atom is -0.437 e. The van der Waals surface area contributed by atoms with E-state index < -0.39 is 11.6 Å². The van der Waals surface area contributed by atoms with Crippen LogP contribution in [0.3, 0.4) is 0 Å². The molecule has 0 spiro atoms. The molecule has 0 saturated heterocycles. The largest absolute Gasteiger partial charge is 0.437 e. The summed E-state index contributed by atoms with van der Waals surface area (Å²) in [5.41, 5.74) is 5.55. The molecule has 0 saturated carbocycles. The second-order valence-corrected chi connectivity index (χ2v) is 3.98. The third-order valence-corrected chi connectivity index (χ3v) is 2.56. The Balaban J connectivity index is 2.38. The Morgan fingerprint density at radius 3 is 2.47 bits per heavy atom. The maximum atomic E-state index is 13.0. The molecular weight excluding hydrogens is 276 g/mol. The molecule has 0 aliphatic rings. The number of ether oxygens (including phenoxy) is 1. The first-order chi connectivity index (χ1) is 8.97. The van der Waals surface area contributed by atoms with Crippen LogP contribution in [-0.4, -0.2) is 10.8 Å². The molecule has 0 aliphatic carbocycles. The van der Waals surface area contributed by atoms with Crippen LogP contribution in [-0.2, 0) is 0 Å². The molecule has 0 unspecified atom stereocenters. The molecule has 0 aliphatic heterocycles. The third-order valence-electron chi connectivity index (χ3n) is 2.20. The van der Waals surface area contributed by atoms with E-state index in [9.17, 15) is 8.78 Å². The van der Waals surface area contributed by atoms with Gasteiger partial charge in [-0.1, -0.05) is 11.6 Å². The summed E-state index contributed by atoms with van der Waals surface area (Å²) >= 11 is 5.94. The molecular formula is C12H8ClF2N3O. The first-order valence-electron chi connectivity index (χ1n) is 5.10. The topological polar surface area (TPSA) is 72.0 Å². The van der Waals surface area contributed by atoms with Gasteiger partial charge in [-0.2, -0.15) is 0 Å². The molecule has 1 aromatic heterocycles. The van der Waals surface area contributed by atoms with Crippen LogP contribution in [0.5, 0.6) is 11.6 Å². The summed E-state index contributed by atoms with van der Waals surface area (Å²) in [6.45, 7) is 0. The van der Waals surface area contributed by atoms with Gasteiger partial charge in [0.1, 0.15) is 28.2 Å². The fourth-order valence-corrected chi connectivity index (χ4v) is 1.65. The van der Waals surface area contributed by atoms with Crippen LogP contribution in [0.2, 0.25) is 5.02 Å². The molecule has 4 nitrogen and oxygen atoms in total. The van der Waals surface area contributed by atoms with Crippen LogP contribution in [0.15, 0.2) is 30.5 Å². The Hall–Kier alpha value is -2.21. The lowest BCUT2D eigenvalue weighted by Gasteiger charge is -2.09. The molecule has 7 heteroatoms. The first-order valence-corrected chi connectivity index (χ1v) is 5.48. The van der Waals surface area contributed by atoms with Crippen molar-refractivity contribution in [2.75, 3.05) is 0 Å². The smallest absolute Gasteiger partial charge is 0.238 e. The van der Waals surface area contributed by atoms with Crippen molar-refractivity contribution in [3.8, 4) is 11.6 Å². The maximum absolute atomic E-state index is 13.0. The SMILES string of the molecule is N=C(N)c1ccnc(Oc2cc(F)cc(F)c2)c1Cl. The molecule has 2 aromatic rings. The summed E-state index contributed by atoms with van der Waals surface area (Å²) in [4.78, 5) is 3.82. The molecule has 0 fully saturated rings. The molecule has 0 atom stereocenters. The molecule has 1 heterocycles. The van der Waals surface area contributed by atoms with E-state index in [-0.39, 0.29) is 28.1 Å². The van der Waals surface area contributed by atoms with Crippen molar-refractivity contribution in [2.45, 2.75) is 0 Å². The van der Waals surface area contributed by atoms with Crippen LogP contribution in [0.1, 0.15) is 5.56 Å². The van der Waals surface area contributed by atoms with Gasteiger partial charge in [-0.05, 0) is 6.07 Å². The van der Waals surface area contributed by atoms with E-state index >= 15 is 0 Å². The van der Waals surface area contributed by atoms with Crippen molar-refractivity contribution in [1.29, 1.82) is 5.41 Å². The zero-order chi connectivity index (χ0) is 14.0. The van der Waals surface area contributed by atoms with Crippen molar-refractivity contribution in [3.63, 3.8) is 0 Å². The highest BCUT2D eigenvalue weighted by atomic mass is 35.5. The van der Waals surface area contributed by atoms with E-state index in [0.29, 0.717) is 6.07 Å². The summed E-state index contributed by atoms with van der Waals surface area (Å²) in [6, 6.07) is 4.13. The minimum absolute atomic E-state index is 0.000306. The molecule has 0 radical (unpaired) electrons. The highest BCUT2D eigenvalue weighted by Gasteiger charge is 2.12. The van der Waals surface area contributed by atoms with Gasteiger partial charge in [0, 0.05) is 30.0 Å². The normalized spacial score (nSPS) is 10.3. The van der Waals surface area contributed by atoms with E-state index in [1.807, 2.05) is 0 Å². The van der Waals surface area contributed by atoms with Crippen LogP contribution in [0.25, 0.3) is 0 Å². The number of pyridine rings is 1. The summed E-state index contributed by atoms with van der Waals surface area (Å²) in [5.74, 6) is -2.00. The van der Waals surface area contributed by atoms with Gasteiger partial charge in [-0.25, -0.2) is 13.8 Å². The van der Waals surface area contributed by atoms with Gasteiger partial charge in [0.25, 0.3) is 0 Å². The number of aromatic nitrogens is 1. The van der Waals surface area contributed by atoms with Crippen molar-refractivity contribution in [3.05, 3.63) is 52.7 Å². The van der Waals surface area contributed by atoms with Crippen LogP contribution in [0, 0.1) is 17.0 Å². The third kappa shape index (κ3) is 2.97. The summed E-state index contributed by atoms with van der Waals surface area (Å²) < 4.78 is 31.2. The Morgan fingerprint density at radius 2 is 1.89 bits per heavy atom. The molecule has 0 amide bonds. The van der Waals surface area contributed by atoms with Crippen molar-refractivity contribution in [2.24, 2.45) is 5.73 Å². The van der Waals surface area contributed by atoms with Gasteiger partial charge >= 0.3 is 0 Å². The number of halogens is 3. The number of nitrogens with two attached hydrogens (primary N) is 1. The summed E-state index contributed by atoms with van der Waals surface area (Å²) in [7, 11) is 0. The van der Waals surface area contributed by atoms with Crippen LogP contribution in [0.4, 0.5) is 8.78 Å². The first kappa shape index (κ1) is 13.2. The molecule has 0 bridgehead atoms. The zero-order valence-corrected chi connectivity index (χ0v) is 10.2. The quantitative estimate of drug-likeness (QED) is 0.671. The molecule has 98 valence electrons. The lowest BCUT2D eigenvalue weighted by atomic mass is 10.2. The lowest BCUT2D eigenvalue weighted by Crippen LogP contribution is -2.12. The van der Waals surface area contributed by atoms with Crippen molar-refractivity contribution < 1.29 is 13.5 Å². The lowest BCUT2D eigenvalue weighted by molar-refractivity contribution is 0.451. The van der Waals surface area contributed by atoms with Gasteiger partial charge in [0.2, 0.25) is 5.88 Å².